The molecule has 27 heavy (non-hydrogen) atoms. The van der Waals surface area contributed by atoms with Crippen molar-refractivity contribution in [2.45, 2.75) is 51.6 Å². The van der Waals surface area contributed by atoms with Gasteiger partial charge in [0.15, 0.2) is 0 Å². The van der Waals surface area contributed by atoms with E-state index in [4.69, 9.17) is 0 Å². The molecule has 0 bridgehead atoms. The number of nitrogens with zero attached hydrogens (tertiary/aromatic N) is 2. The Hall–Kier alpha value is -2.57. The highest BCUT2D eigenvalue weighted by Crippen LogP contribution is 2.26. The molecule has 0 spiro atoms. The van der Waals surface area contributed by atoms with Crippen LogP contribution in [0.3, 0.4) is 0 Å². The molecule has 2 heterocycles. The van der Waals surface area contributed by atoms with Gasteiger partial charge in [-0.3, -0.25) is 9.59 Å². The van der Waals surface area contributed by atoms with Gasteiger partial charge >= 0.3 is 6.03 Å². The van der Waals surface area contributed by atoms with Crippen LogP contribution in [-0.2, 0) is 16.0 Å². The number of anilines is 1. The Morgan fingerprint density at radius 3 is 2.74 bits per heavy atom. The van der Waals surface area contributed by atoms with E-state index in [1.807, 2.05) is 0 Å². The quantitative estimate of drug-likeness (QED) is 0.588. The van der Waals surface area contributed by atoms with Crippen LogP contribution in [0.4, 0.5) is 10.5 Å². The summed E-state index contributed by atoms with van der Waals surface area (Å²) < 4.78 is 0. The van der Waals surface area contributed by atoms with Crippen molar-refractivity contribution >= 4 is 23.5 Å². The van der Waals surface area contributed by atoms with Crippen LogP contribution >= 0.6 is 0 Å². The third-order valence-corrected chi connectivity index (χ3v) is 5.27. The van der Waals surface area contributed by atoms with Gasteiger partial charge in [-0.05, 0) is 51.7 Å². The van der Waals surface area contributed by atoms with Gasteiger partial charge in [-0.1, -0.05) is 18.2 Å². The summed E-state index contributed by atoms with van der Waals surface area (Å²) in [5.41, 5.74) is 1.69. The second-order valence-corrected chi connectivity index (χ2v) is 7.77. The van der Waals surface area contributed by atoms with Crippen molar-refractivity contribution in [2.24, 2.45) is 0 Å². The normalized spacial score (nSPS) is 19.5. The first-order chi connectivity index (χ1) is 12.8. The molecule has 0 saturated carbocycles. The number of aryl methyl sites for hydroxylation is 1. The fourth-order valence-electron chi connectivity index (χ4n) is 3.72. The average molecular weight is 372 g/mol. The summed E-state index contributed by atoms with van der Waals surface area (Å²) in [5, 5.41) is 5.45. The van der Waals surface area contributed by atoms with Gasteiger partial charge in [-0.2, -0.15) is 0 Å². The highest BCUT2D eigenvalue weighted by atomic mass is 16.2. The second kappa shape index (κ2) is 7.58. The Morgan fingerprint density at radius 1 is 1.30 bits per heavy atom. The number of hydrogen-bond donors (Lipinski definition) is 2. The number of hydrogen-bond acceptors (Lipinski definition) is 4. The Balaban J connectivity index is 1.48. The molecule has 1 atom stereocenters. The maximum atomic E-state index is 12.4. The number of amides is 4. The van der Waals surface area contributed by atoms with Crippen molar-refractivity contribution in [3.63, 3.8) is 0 Å². The fraction of sp³-hybridized carbons (Fsp3) is 0.550. The SMILES string of the molecule is C[C@H](C(=O)NCCCN1CCCc2ccccc21)N1C(=O)NC(C)(C)C1=O. The van der Waals surface area contributed by atoms with E-state index < -0.39 is 17.6 Å². The molecule has 0 radical (unpaired) electrons. The number of imide groups is 1. The lowest BCUT2D eigenvalue weighted by atomic mass is 10.0. The van der Waals surface area contributed by atoms with E-state index in [1.165, 1.54) is 11.3 Å². The van der Waals surface area contributed by atoms with Gasteiger partial charge in [-0.15, -0.1) is 0 Å². The molecule has 2 N–H and O–H groups in total. The third-order valence-electron chi connectivity index (χ3n) is 5.27. The van der Waals surface area contributed by atoms with Crippen molar-refractivity contribution in [1.82, 2.24) is 15.5 Å². The van der Waals surface area contributed by atoms with Gasteiger partial charge in [0.2, 0.25) is 5.91 Å². The molecule has 3 rings (SSSR count). The summed E-state index contributed by atoms with van der Waals surface area (Å²) >= 11 is 0. The summed E-state index contributed by atoms with van der Waals surface area (Å²) in [6.07, 6.45) is 3.06. The Morgan fingerprint density at radius 2 is 2.04 bits per heavy atom. The van der Waals surface area contributed by atoms with Crippen LogP contribution in [0.15, 0.2) is 24.3 Å². The van der Waals surface area contributed by atoms with Crippen LogP contribution in [0.1, 0.15) is 39.2 Å². The van der Waals surface area contributed by atoms with Crippen LogP contribution in [-0.4, -0.2) is 54.0 Å². The maximum absolute atomic E-state index is 12.4. The first kappa shape index (κ1) is 19.2. The topological polar surface area (TPSA) is 81.8 Å². The maximum Gasteiger partial charge on any atom is 0.325 e. The largest absolute Gasteiger partial charge is 0.371 e. The summed E-state index contributed by atoms with van der Waals surface area (Å²) in [6.45, 7) is 7.24. The lowest BCUT2D eigenvalue weighted by molar-refractivity contribution is -0.137. The van der Waals surface area contributed by atoms with Gasteiger partial charge < -0.3 is 15.5 Å². The molecule has 1 saturated heterocycles. The summed E-state index contributed by atoms with van der Waals surface area (Å²) in [4.78, 5) is 40.0. The van der Waals surface area contributed by atoms with Gasteiger partial charge in [0.1, 0.15) is 11.6 Å². The smallest absolute Gasteiger partial charge is 0.325 e. The van der Waals surface area contributed by atoms with Gasteiger partial charge in [-0.25, -0.2) is 9.69 Å². The average Bonchev–Trinajstić information content (AvgIpc) is 2.85. The molecule has 4 amide bonds. The first-order valence-electron chi connectivity index (χ1n) is 9.57. The number of urea groups is 1. The predicted octanol–water partition coefficient (Wildman–Crippen LogP) is 1.66. The third kappa shape index (κ3) is 3.91. The molecule has 0 aromatic heterocycles. The molecule has 0 aliphatic carbocycles. The Bertz CT molecular complexity index is 746. The molecule has 2 aliphatic heterocycles. The fourth-order valence-corrected chi connectivity index (χ4v) is 3.72. The molecule has 7 nitrogen and oxygen atoms in total. The van der Waals surface area contributed by atoms with Crippen LogP contribution in [0.25, 0.3) is 0 Å². The van der Waals surface area contributed by atoms with E-state index in [-0.39, 0.29) is 11.8 Å². The van der Waals surface area contributed by atoms with Crippen LogP contribution < -0.4 is 15.5 Å². The second-order valence-electron chi connectivity index (χ2n) is 7.77. The zero-order valence-corrected chi connectivity index (χ0v) is 16.2. The minimum absolute atomic E-state index is 0.310. The molecule has 2 aliphatic rings. The molecular formula is C20H28N4O3. The zero-order valence-electron chi connectivity index (χ0n) is 16.2. The minimum Gasteiger partial charge on any atom is -0.371 e. The van der Waals surface area contributed by atoms with E-state index in [0.717, 1.165) is 37.3 Å². The molecule has 7 heteroatoms. The molecule has 1 fully saturated rings. The first-order valence-corrected chi connectivity index (χ1v) is 9.57. The molecular weight excluding hydrogens is 344 g/mol. The molecule has 1 aromatic carbocycles. The number of nitrogens with one attached hydrogen (secondary N) is 2. The van der Waals surface area contributed by atoms with Crippen LogP contribution in [0.2, 0.25) is 0 Å². The van der Waals surface area contributed by atoms with Crippen molar-refractivity contribution in [1.29, 1.82) is 0 Å². The van der Waals surface area contributed by atoms with Gasteiger partial charge in [0.25, 0.3) is 5.91 Å². The highest BCUT2D eigenvalue weighted by molar-refractivity contribution is 6.09. The molecule has 146 valence electrons. The number of carbonyl (C=O) groups is 3. The number of benzene rings is 1. The lowest BCUT2D eigenvalue weighted by Crippen LogP contribution is -2.49. The molecule has 1 aromatic rings. The highest BCUT2D eigenvalue weighted by Gasteiger charge is 2.47. The van der Waals surface area contributed by atoms with E-state index >= 15 is 0 Å². The molecule has 0 unspecified atom stereocenters. The van der Waals surface area contributed by atoms with Crippen molar-refractivity contribution in [3.8, 4) is 0 Å². The zero-order chi connectivity index (χ0) is 19.6. The van der Waals surface area contributed by atoms with Crippen LogP contribution in [0.5, 0.6) is 0 Å². The van der Waals surface area contributed by atoms with E-state index in [0.29, 0.717) is 6.54 Å². The minimum atomic E-state index is -0.965. The number of rotatable bonds is 6. The standard InChI is InChI=1S/C20H28N4O3/c1-14(24-18(26)20(2,3)22-19(24)27)17(25)21-11-7-13-23-12-6-9-15-8-4-5-10-16(15)23/h4-5,8,10,14H,6-7,9,11-13H2,1-3H3,(H,21,25)(H,22,27)/t14-/m1/s1. The van der Waals surface area contributed by atoms with Gasteiger partial charge in [0.05, 0.1) is 0 Å². The summed E-state index contributed by atoms with van der Waals surface area (Å²) in [6, 6.07) is 7.10. The summed E-state index contributed by atoms with van der Waals surface area (Å²) in [7, 11) is 0. The number of fused-ring (bicyclic) bond motifs is 1. The monoisotopic (exact) mass is 372 g/mol. The van der Waals surface area contributed by atoms with Gasteiger partial charge in [0, 0.05) is 25.3 Å². The summed E-state index contributed by atoms with van der Waals surface area (Å²) in [5.74, 6) is -0.685. The number of para-hydroxylation sites is 1. The Labute approximate surface area is 160 Å². The lowest BCUT2D eigenvalue weighted by Gasteiger charge is -2.31. The Kier molecular flexibility index (Phi) is 5.39. The number of carbonyl (C=O) groups excluding carboxylic acids is 3. The van der Waals surface area contributed by atoms with E-state index in [1.54, 1.807) is 20.8 Å². The van der Waals surface area contributed by atoms with Crippen molar-refractivity contribution < 1.29 is 14.4 Å². The van der Waals surface area contributed by atoms with Crippen LogP contribution in [0, 0.1) is 0 Å². The predicted molar refractivity (Wildman–Crippen MR) is 104 cm³/mol. The van der Waals surface area contributed by atoms with E-state index in [9.17, 15) is 14.4 Å². The van der Waals surface area contributed by atoms with Crippen molar-refractivity contribution in [2.75, 3.05) is 24.5 Å². The van der Waals surface area contributed by atoms with E-state index in [2.05, 4.69) is 39.8 Å². The van der Waals surface area contributed by atoms with Crippen molar-refractivity contribution in [3.05, 3.63) is 29.8 Å².